The molecule has 0 bridgehead atoms. The highest BCUT2D eigenvalue weighted by Gasteiger charge is 2.24. The van der Waals surface area contributed by atoms with Gasteiger partial charge in [-0.2, -0.15) is 0 Å². The predicted octanol–water partition coefficient (Wildman–Crippen LogP) is 1.23. The van der Waals surface area contributed by atoms with Crippen LogP contribution in [0.4, 0.5) is 0 Å². The number of halogens is 1. The Kier molecular flexibility index (Phi) is 6.24. The van der Waals surface area contributed by atoms with Crippen LogP contribution < -0.4 is 10.6 Å². The third-order valence-electron chi connectivity index (χ3n) is 4.64. The van der Waals surface area contributed by atoms with Crippen LogP contribution in [0.15, 0.2) is 18.2 Å². The second-order valence-electron chi connectivity index (χ2n) is 6.28. The maximum Gasteiger partial charge on any atom is 0.224 e. The molecule has 0 spiro atoms. The van der Waals surface area contributed by atoms with E-state index in [4.69, 9.17) is 0 Å². The first-order valence-corrected chi connectivity index (χ1v) is 7.98. The number of aryl methyl sites for hydroxylation is 2. The summed E-state index contributed by atoms with van der Waals surface area (Å²) in [4.78, 5) is 12.0. The molecule has 1 aromatic carbocycles. The van der Waals surface area contributed by atoms with Crippen molar-refractivity contribution >= 4 is 18.3 Å². The number of fused-ring (bicyclic) bond motifs is 1. The Hall–Kier alpha value is -1.10. The van der Waals surface area contributed by atoms with Crippen LogP contribution in [0, 0.1) is 5.92 Å². The molecule has 122 valence electrons. The second-order valence-corrected chi connectivity index (χ2v) is 6.28. The number of benzene rings is 1. The average molecular weight is 325 g/mol. The van der Waals surface area contributed by atoms with Crippen molar-refractivity contribution in [2.75, 3.05) is 19.6 Å². The van der Waals surface area contributed by atoms with Crippen LogP contribution in [-0.2, 0) is 24.1 Å². The molecule has 3 N–H and O–H groups in total. The fourth-order valence-corrected chi connectivity index (χ4v) is 3.32. The number of amides is 1. The minimum Gasteiger partial charge on any atom is -0.391 e. The summed E-state index contributed by atoms with van der Waals surface area (Å²) in [5.74, 6) is 0.183. The van der Waals surface area contributed by atoms with Gasteiger partial charge in [-0.25, -0.2) is 0 Å². The summed E-state index contributed by atoms with van der Waals surface area (Å²) in [5, 5.41) is 15.8. The zero-order chi connectivity index (χ0) is 14.7. The molecule has 1 saturated heterocycles. The summed E-state index contributed by atoms with van der Waals surface area (Å²) in [6.07, 6.45) is 4.96. The fourth-order valence-electron chi connectivity index (χ4n) is 3.32. The van der Waals surface area contributed by atoms with E-state index in [-0.39, 0.29) is 30.3 Å². The number of carbonyl (C=O) groups excluding carboxylic acids is 1. The Morgan fingerprint density at radius 2 is 2.00 bits per heavy atom. The van der Waals surface area contributed by atoms with Gasteiger partial charge in [0.25, 0.3) is 0 Å². The van der Waals surface area contributed by atoms with E-state index in [2.05, 4.69) is 28.8 Å². The summed E-state index contributed by atoms with van der Waals surface area (Å²) < 4.78 is 0. The van der Waals surface area contributed by atoms with Crippen LogP contribution in [0.3, 0.4) is 0 Å². The van der Waals surface area contributed by atoms with Crippen molar-refractivity contribution in [3.63, 3.8) is 0 Å². The molecule has 4 nitrogen and oxygen atoms in total. The molecule has 22 heavy (non-hydrogen) atoms. The third kappa shape index (κ3) is 4.22. The number of hydrogen-bond donors (Lipinski definition) is 3. The highest BCUT2D eigenvalue weighted by atomic mass is 35.5. The van der Waals surface area contributed by atoms with Crippen LogP contribution in [0.1, 0.15) is 29.5 Å². The van der Waals surface area contributed by atoms with Crippen molar-refractivity contribution in [3.8, 4) is 0 Å². The molecular formula is C17H25ClN2O2. The summed E-state index contributed by atoms with van der Waals surface area (Å²) in [6, 6.07) is 6.46. The Balaban J connectivity index is 0.00000176. The van der Waals surface area contributed by atoms with Gasteiger partial charge in [0.05, 0.1) is 12.5 Å². The van der Waals surface area contributed by atoms with Crippen LogP contribution >= 0.6 is 12.4 Å². The monoisotopic (exact) mass is 324 g/mol. The first kappa shape index (κ1) is 17.3. The average Bonchev–Trinajstić information content (AvgIpc) is 2.90. The van der Waals surface area contributed by atoms with Gasteiger partial charge in [-0.3, -0.25) is 4.79 Å². The minimum absolute atomic E-state index is 0. The standard InChI is InChI=1S/C17H24N2O2.ClH/c20-16-11-18-9-15(16)10-19-17(21)8-12-5-6-13-3-1-2-4-14(13)7-12;/h5-7,15-16,18,20H,1-4,8-11H2,(H,19,21);1H. The van der Waals surface area contributed by atoms with E-state index < -0.39 is 0 Å². The molecule has 5 heteroatoms. The molecule has 3 rings (SSSR count). The molecule has 1 fully saturated rings. The Morgan fingerprint density at radius 1 is 1.23 bits per heavy atom. The van der Waals surface area contributed by atoms with Gasteiger partial charge in [0.2, 0.25) is 5.91 Å². The molecule has 2 aliphatic rings. The zero-order valence-corrected chi connectivity index (χ0v) is 13.6. The van der Waals surface area contributed by atoms with E-state index in [9.17, 15) is 9.90 Å². The topological polar surface area (TPSA) is 61.4 Å². The van der Waals surface area contributed by atoms with E-state index in [1.165, 1.54) is 30.4 Å². The lowest BCUT2D eigenvalue weighted by Gasteiger charge is -2.17. The van der Waals surface area contributed by atoms with Crippen molar-refractivity contribution in [2.45, 2.75) is 38.2 Å². The van der Waals surface area contributed by atoms with Gasteiger partial charge in [0.1, 0.15) is 0 Å². The highest BCUT2D eigenvalue weighted by Crippen LogP contribution is 2.22. The van der Waals surface area contributed by atoms with E-state index in [0.29, 0.717) is 19.5 Å². The number of rotatable bonds is 4. The SMILES string of the molecule is Cl.O=C(Cc1ccc2c(c1)CCCC2)NCC1CNCC1O. The number of aliphatic hydroxyl groups is 1. The van der Waals surface area contributed by atoms with E-state index in [1.807, 2.05) is 0 Å². The summed E-state index contributed by atoms with van der Waals surface area (Å²) in [6.45, 7) is 1.96. The molecule has 2 atom stereocenters. The largest absolute Gasteiger partial charge is 0.391 e. The first-order valence-electron chi connectivity index (χ1n) is 7.98. The van der Waals surface area contributed by atoms with Crippen LogP contribution in [0.25, 0.3) is 0 Å². The van der Waals surface area contributed by atoms with Crippen molar-refractivity contribution in [1.82, 2.24) is 10.6 Å². The van der Waals surface area contributed by atoms with Crippen molar-refractivity contribution < 1.29 is 9.90 Å². The first-order chi connectivity index (χ1) is 10.2. The van der Waals surface area contributed by atoms with Gasteiger partial charge in [0.15, 0.2) is 0 Å². The van der Waals surface area contributed by atoms with Crippen LogP contribution in [-0.4, -0.2) is 36.8 Å². The molecule has 1 aliphatic carbocycles. The molecule has 1 heterocycles. The second kappa shape index (κ2) is 7.95. The van der Waals surface area contributed by atoms with Gasteiger partial charge in [-0.05, 0) is 42.4 Å². The third-order valence-corrected chi connectivity index (χ3v) is 4.64. The lowest BCUT2D eigenvalue weighted by Crippen LogP contribution is -2.35. The normalized spacial score (nSPS) is 23.5. The molecule has 0 saturated carbocycles. The molecule has 1 amide bonds. The summed E-state index contributed by atoms with van der Waals surface area (Å²) in [5.41, 5.74) is 3.96. The predicted molar refractivity (Wildman–Crippen MR) is 89.4 cm³/mol. The Morgan fingerprint density at radius 3 is 2.73 bits per heavy atom. The summed E-state index contributed by atoms with van der Waals surface area (Å²) in [7, 11) is 0. The lowest BCUT2D eigenvalue weighted by atomic mass is 9.90. The van der Waals surface area contributed by atoms with Crippen LogP contribution in [0.5, 0.6) is 0 Å². The zero-order valence-electron chi connectivity index (χ0n) is 12.8. The number of β-amino-alcohol motifs (C(OH)–C–C–N with tert-alkyl or cyclic N) is 1. The molecule has 0 radical (unpaired) electrons. The summed E-state index contributed by atoms with van der Waals surface area (Å²) >= 11 is 0. The quantitative estimate of drug-likeness (QED) is 0.780. The minimum atomic E-state index is -0.339. The molecular weight excluding hydrogens is 300 g/mol. The van der Waals surface area contributed by atoms with Crippen molar-refractivity contribution in [3.05, 3.63) is 34.9 Å². The maximum absolute atomic E-state index is 12.0. The smallest absolute Gasteiger partial charge is 0.224 e. The Labute approximate surface area is 138 Å². The number of nitrogens with one attached hydrogen (secondary N) is 2. The van der Waals surface area contributed by atoms with E-state index >= 15 is 0 Å². The van der Waals surface area contributed by atoms with Gasteiger partial charge in [-0.1, -0.05) is 18.2 Å². The lowest BCUT2D eigenvalue weighted by molar-refractivity contribution is -0.120. The van der Waals surface area contributed by atoms with Crippen molar-refractivity contribution in [1.29, 1.82) is 0 Å². The fraction of sp³-hybridized carbons (Fsp3) is 0.588. The maximum atomic E-state index is 12.0. The number of carbonyl (C=O) groups is 1. The van der Waals surface area contributed by atoms with Gasteiger partial charge in [0, 0.05) is 25.6 Å². The van der Waals surface area contributed by atoms with E-state index in [0.717, 1.165) is 18.5 Å². The van der Waals surface area contributed by atoms with Gasteiger partial charge >= 0.3 is 0 Å². The number of aliphatic hydroxyl groups excluding tert-OH is 1. The Bertz CT molecular complexity index is 521. The van der Waals surface area contributed by atoms with E-state index in [1.54, 1.807) is 0 Å². The molecule has 1 aromatic rings. The van der Waals surface area contributed by atoms with Gasteiger partial charge in [-0.15, -0.1) is 12.4 Å². The number of hydrogen-bond acceptors (Lipinski definition) is 3. The highest BCUT2D eigenvalue weighted by molar-refractivity contribution is 5.85. The molecule has 1 aliphatic heterocycles. The van der Waals surface area contributed by atoms with Crippen LogP contribution in [0.2, 0.25) is 0 Å². The van der Waals surface area contributed by atoms with Crippen molar-refractivity contribution in [2.24, 2.45) is 5.92 Å². The molecule has 0 aromatic heterocycles. The molecule has 2 unspecified atom stereocenters. The van der Waals surface area contributed by atoms with Gasteiger partial charge < -0.3 is 15.7 Å².